The highest BCUT2D eigenvalue weighted by atomic mass is 32.2. The number of rotatable bonds is 5. The highest BCUT2D eigenvalue weighted by Gasteiger charge is 2.21. The van der Waals surface area contributed by atoms with Crippen LogP contribution in [0.3, 0.4) is 0 Å². The molecule has 0 spiro atoms. The fourth-order valence-corrected chi connectivity index (χ4v) is 4.42. The fraction of sp³-hybridized carbons (Fsp3) is 0.435. The van der Waals surface area contributed by atoms with Crippen LogP contribution in [0.25, 0.3) is 0 Å². The average Bonchev–Trinajstić information content (AvgIpc) is 2.73. The summed E-state index contributed by atoms with van der Waals surface area (Å²) >= 11 is 0. The molecule has 0 atom stereocenters. The van der Waals surface area contributed by atoms with Gasteiger partial charge in [-0.1, -0.05) is 24.3 Å². The molecule has 1 aliphatic rings. The smallest absolute Gasteiger partial charge is 0.193 e. The number of sulfone groups is 1. The molecule has 0 aliphatic carbocycles. The van der Waals surface area contributed by atoms with Gasteiger partial charge in [0.2, 0.25) is 0 Å². The number of aryl methyl sites for hydroxylation is 1. The van der Waals surface area contributed by atoms with E-state index in [0.717, 1.165) is 50.7 Å². The number of piperazine rings is 1. The van der Waals surface area contributed by atoms with Crippen LogP contribution in [0.5, 0.6) is 0 Å². The average molecular weight is 429 g/mol. The molecule has 1 N–H and O–H groups in total. The van der Waals surface area contributed by atoms with E-state index in [9.17, 15) is 8.42 Å². The van der Waals surface area contributed by atoms with Crippen LogP contribution in [0.1, 0.15) is 16.7 Å². The topological polar surface area (TPSA) is 65.0 Å². The highest BCUT2D eigenvalue weighted by molar-refractivity contribution is 7.90. The molecule has 0 radical (unpaired) electrons. The Kier molecular flexibility index (Phi) is 7.02. The van der Waals surface area contributed by atoms with Gasteiger partial charge in [-0.25, -0.2) is 8.42 Å². The van der Waals surface area contributed by atoms with E-state index in [1.54, 1.807) is 12.1 Å². The lowest BCUT2D eigenvalue weighted by atomic mass is 10.1. The Morgan fingerprint density at radius 1 is 1.03 bits per heavy atom. The van der Waals surface area contributed by atoms with Gasteiger partial charge in [-0.15, -0.1) is 0 Å². The Hall–Kier alpha value is -2.54. The van der Waals surface area contributed by atoms with Gasteiger partial charge in [0.1, 0.15) is 0 Å². The Labute approximate surface area is 180 Å². The zero-order valence-corrected chi connectivity index (χ0v) is 19.2. The molecule has 1 fully saturated rings. The van der Waals surface area contributed by atoms with Crippen LogP contribution in [-0.4, -0.2) is 65.3 Å². The summed E-state index contributed by atoms with van der Waals surface area (Å²) in [7, 11) is -1.33. The molecule has 30 heavy (non-hydrogen) atoms. The third kappa shape index (κ3) is 5.33. The Balaban J connectivity index is 1.51. The molecule has 7 heteroatoms. The Bertz CT molecular complexity index is 992. The van der Waals surface area contributed by atoms with Gasteiger partial charge in [0, 0.05) is 51.7 Å². The van der Waals surface area contributed by atoms with Crippen molar-refractivity contribution in [1.29, 1.82) is 0 Å². The summed E-state index contributed by atoms with van der Waals surface area (Å²) in [5.74, 6) is 0.920. The summed E-state index contributed by atoms with van der Waals surface area (Å²) in [4.78, 5) is 9.56. The molecule has 0 bridgehead atoms. The number of hydrogen-bond acceptors (Lipinski definition) is 4. The van der Waals surface area contributed by atoms with Crippen molar-refractivity contribution in [2.45, 2.75) is 25.2 Å². The third-order valence-electron chi connectivity index (χ3n) is 5.76. The van der Waals surface area contributed by atoms with Crippen molar-refractivity contribution in [2.75, 3.05) is 50.9 Å². The molecule has 2 aromatic carbocycles. The van der Waals surface area contributed by atoms with Crippen LogP contribution in [0, 0.1) is 13.8 Å². The van der Waals surface area contributed by atoms with Crippen molar-refractivity contribution in [2.24, 2.45) is 4.99 Å². The molecule has 0 aromatic heterocycles. The molecule has 0 amide bonds. The SMILES string of the molecule is CN=C(NCCc1ccc(S(C)(=O)=O)cc1)N1CCN(c2cccc(C)c2C)CC1. The minimum atomic E-state index is -3.15. The quantitative estimate of drug-likeness (QED) is 0.586. The van der Waals surface area contributed by atoms with Gasteiger partial charge in [-0.05, 0) is 55.2 Å². The molecule has 1 heterocycles. The second-order valence-electron chi connectivity index (χ2n) is 7.83. The van der Waals surface area contributed by atoms with Gasteiger partial charge >= 0.3 is 0 Å². The van der Waals surface area contributed by atoms with E-state index >= 15 is 0 Å². The summed E-state index contributed by atoms with van der Waals surface area (Å²) < 4.78 is 23.1. The number of anilines is 1. The first-order valence-corrected chi connectivity index (χ1v) is 12.2. The molecule has 2 aromatic rings. The zero-order chi connectivity index (χ0) is 21.7. The largest absolute Gasteiger partial charge is 0.368 e. The number of aliphatic imine (C=N–C) groups is 1. The lowest BCUT2D eigenvalue weighted by Crippen LogP contribution is -2.53. The first kappa shape index (κ1) is 22.2. The van der Waals surface area contributed by atoms with E-state index in [-0.39, 0.29) is 0 Å². The molecule has 0 saturated carbocycles. The predicted molar refractivity (Wildman–Crippen MR) is 124 cm³/mol. The van der Waals surface area contributed by atoms with Crippen LogP contribution in [0.4, 0.5) is 5.69 Å². The number of benzene rings is 2. The van der Waals surface area contributed by atoms with Crippen molar-refractivity contribution in [3.05, 3.63) is 59.2 Å². The van der Waals surface area contributed by atoms with Gasteiger partial charge in [0.25, 0.3) is 0 Å². The molecule has 162 valence electrons. The second kappa shape index (κ2) is 9.51. The number of nitrogens with one attached hydrogen (secondary N) is 1. The summed E-state index contributed by atoms with van der Waals surface area (Å²) in [6.45, 7) is 8.90. The Morgan fingerprint density at radius 3 is 2.30 bits per heavy atom. The molecule has 1 saturated heterocycles. The third-order valence-corrected chi connectivity index (χ3v) is 6.88. The van der Waals surface area contributed by atoms with Crippen LogP contribution >= 0.6 is 0 Å². The van der Waals surface area contributed by atoms with Crippen molar-refractivity contribution in [3.63, 3.8) is 0 Å². The van der Waals surface area contributed by atoms with Crippen molar-refractivity contribution < 1.29 is 8.42 Å². The summed E-state index contributed by atoms with van der Waals surface area (Å²) in [5.41, 5.74) is 5.12. The first-order chi connectivity index (χ1) is 14.3. The molecular weight excluding hydrogens is 396 g/mol. The highest BCUT2D eigenvalue weighted by Crippen LogP contribution is 2.23. The van der Waals surface area contributed by atoms with Gasteiger partial charge in [0.05, 0.1) is 4.90 Å². The predicted octanol–water partition coefficient (Wildman–Crippen LogP) is 2.65. The number of nitrogens with zero attached hydrogens (tertiary/aromatic N) is 3. The van der Waals surface area contributed by atoms with Gasteiger partial charge in [-0.2, -0.15) is 0 Å². The van der Waals surface area contributed by atoms with E-state index in [2.05, 4.69) is 52.2 Å². The van der Waals surface area contributed by atoms with E-state index in [1.807, 2.05) is 19.2 Å². The lowest BCUT2D eigenvalue weighted by molar-refractivity contribution is 0.372. The van der Waals surface area contributed by atoms with E-state index in [1.165, 1.54) is 23.1 Å². The van der Waals surface area contributed by atoms with Gasteiger partial charge in [-0.3, -0.25) is 4.99 Å². The van der Waals surface area contributed by atoms with Crippen molar-refractivity contribution in [1.82, 2.24) is 10.2 Å². The minimum Gasteiger partial charge on any atom is -0.368 e. The normalized spacial score (nSPS) is 15.4. The maximum absolute atomic E-state index is 11.6. The van der Waals surface area contributed by atoms with Crippen molar-refractivity contribution >= 4 is 21.5 Å². The monoisotopic (exact) mass is 428 g/mol. The second-order valence-corrected chi connectivity index (χ2v) is 9.85. The van der Waals surface area contributed by atoms with E-state index < -0.39 is 9.84 Å². The number of hydrogen-bond donors (Lipinski definition) is 1. The summed E-state index contributed by atoms with van der Waals surface area (Å²) in [6.07, 6.45) is 2.04. The molecule has 1 aliphatic heterocycles. The zero-order valence-electron chi connectivity index (χ0n) is 18.4. The van der Waals surface area contributed by atoms with Crippen LogP contribution in [-0.2, 0) is 16.3 Å². The summed E-state index contributed by atoms with van der Waals surface area (Å²) in [6, 6.07) is 13.6. The fourth-order valence-electron chi connectivity index (χ4n) is 3.79. The molecule has 0 unspecified atom stereocenters. The lowest BCUT2D eigenvalue weighted by Gasteiger charge is -2.38. The standard InChI is InChI=1S/C23H32N4O2S/c1-18-6-5-7-22(19(18)2)26-14-16-27(17-15-26)23(24-3)25-13-12-20-8-10-21(11-9-20)30(4,28)29/h5-11H,12-17H2,1-4H3,(H,24,25). The Morgan fingerprint density at radius 2 is 1.70 bits per heavy atom. The van der Waals surface area contributed by atoms with Crippen LogP contribution in [0.2, 0.25) is 0 Å². The molecular formula is C23H32N4O2S. The van der Waals surface area contributed by atoms with Crippen LogP contribution in [0.15, 0.2) is 52.4 Å². The number of guanidine groups is 1. The first-order valence-electron chi connectivity index (χ1n) is 10.4. The minimum absolute atomic E-state index is 0.358. The van der Waals surface area contributed by atoms with Gasteiger partial charge in [0.15, 0.2) is 15.8 Å². The maximum atomic E-state index is 11.6. The van der Waals surface area contributed by atoms with Crippen LogP contribution < -0.4 is 10.2 Å². The van der Waals surface area contributed by atoms with E-state index in [0.29, 0.717) is 4.90 Å². The summed E-state index contributed by atoms with van der Waals surface area (Å²) in [5, 5.41) is 3.45. The van der Waals surface area contributed by atoms with E-state index in [4.69, 9.17) is 0 Å². The molecule has 6 nitrogen and oxygen atoms in total. The maximum Gasteiger partial charge on any atom is 0.193 e. The van der Waals surface area contributed by atoms with Gasteiger partial charge < -0.3 is 15.1 Å². The van der Waals surface area contributed by atoms with Crippen molar-refractivity contribution in [3.8, 4) is 0 Å². The molecule has 3 rings (SSSR count).